The van der Waals surface area contributed by atoms with E-state index in [0.717, 1.165) is 5.52 Å². The van der Waals surface area contributed by atoms with Gasteiger partial charge in [0.25, 0.3) is 5.91 Å². The molecule has 4 aromatic rings. The van der Waals surface area contributed by atoms with Gasteiger partial charge in [-0.15, -0.1) is 0 Å². The number of hydrogen-bond donors (Lipinski definition) is 2. The van der Waals surface area contributed by atoms with Crippen LogP contribution in [-0.4, -0.2) is 77.5 Å². The summed E-state index contributed by atoms with van der Waals surface area (Å²) in [6.07, 6.45) is -5.85. The van der Waals surface area contributed by atoms with E-state index in [2.05, 4.69) is 20.0 Å². The van der Waals surface area contributed by atoms with Crippen LogP contribution in [0.4, 0.5) is 29.5 Å². The molecule has 1 atom stereocenters. The van der Waals surface area contributed by atoms with Gasteiger partial charge in [0.05, 0.1) is 37.0 Å². The maximum absolute atomic E-state index is 13.7. The van der Waals surface area contributed by atoms with Crippen LogP contribution in [0.3, 0.4) is 0 Å². The van der Waals surface area contributed by atoms with E-state index in [1.165, 1.54) is 12.0 Å². The predicted octanol–water partition coefficient (Wildman–Crippen LogP) is 4.99. The zero-order valence-corrected chi connectivity index (χ0v) is 27.1. The molecule has 0 saturated heterocycles. The number of aromatic nitrogens is 3. The molecule has 260 valence electrons. The number of esters is 1. The summed E-state index contributed by atoms with van der Waals surface area (Å²) in [6, 6.07) is 16.9. The standard InChI is InChI=1S/C33H36F3N7O6/c1-21(20-47-3)49-29(44)13-16-43(27-6-4-5-15-38-27)31(45)23-9-12-26-25(18-23)40-28(42(26)2)19-39-24-10-7-22(8-11-24)30(37)41-32(46)48-17-14-33(34,35)36/h4-12,15,18,21,39H,13-14,16-17,19-20H2,1-3H3,(H2,37,41,46)/t21-/m0/s1. The summed E-state index contributed by atoms with van der Waals surface area (Å²) in [7, 11) is 3.36. The molecule has 2 heterocycles. The molecule has 0 aliphatic heterocycles. The van der Waals surface area contributed by atoms with Gasteiger partial charge in [0.1, 0.15) is 30.2 Å². The second kappa shape index (κ2) is 16.5. The Kier molecular flexibility index (Phi) is 12.3. The lowest BCUT2D eigenvalue weighted by Crippen LogP contribution is -2.34. The number of ether oxygens (including phenoxy) is 3. The molecule has 0 unspecified atom stereocenters. The maximum atomic E-state index is 13.7. The van der Waals surface area contributed by atoms with Gasteiger partial charge >= 0.3 is 18.2 Å². The molecule has 2 aromatic heterocycles. The number of benzene rings is 2. The Morgan fingerprint density at radius 3 is 2.49 bits per heavy atom. The van der Waals surface area contributed by atoms with Gasteiger partial charge in [-0.05, 0) is 61.5 Å². The number of nitrogens with zero attached hydrogens (tertiary/aromatic N) is 5. The van der Waals surface area contributed by atoms with Gasteiger partial charge in [0, 0.05) is 43.7 Å². The van der Waals surface area contributed by atoms with E-state index >= 15 is 0 Å². The minimum Gasteiger partial charge on any atom is -0.460 e. The zero-order valence-electron chi connectivity index (χ0n) is 27.1. The van der Waals surface area contributed by atoms with E-state index < -0.39 is 37.4 Å². The van der Waals surface area contributed by atoms with Crippen LogP contribution in [0.1, 0.15) is 41.5 Å². The molecule has 0 saturated carbocycles. The highest BCUT2D eigenvalue weighted by Crippen LogP contribution is 2.22. The molecule has 0 bridgehead atoms. The molecule has 3 N–H and O–H groups in total. The third-order valence-corrected chi connectivity index (χ3v) is 7.12. The lowest BCUT2D eigenvalue weighted by atomic mass is 10.1. The fourth-order valence-electron chi connectivity index (χ4n) is 4.67. The average Bonchev–Trinajstić information content (AvgIpc) is 3.38. The van der Waals surface area contributed by atoms with Gasteiger partial charge in [-0.3, -0.25) is 14.5 Å². The van der Waals surface area contributed by atoms with Gasteiger partial charge in [-0.25, -0.2) is 14.8 Å². The van der Waals surface area contributed by atoms with Crippen molar-refractivity contribution in [3.8, 4) is 0 Å². The van der Waals surface area contributed by atoms with Gasteiger partial charge in [0.15, 0.2) is 0 Å². The summed E-state index contributed by atoms with van der Waals surface area (Å²) in [5.74, 6) is 0.0190. The van der Waals surface area contributed by atoms with Crippen molar-refractivity contribution in [3.05, 3.63) is 83.8 Å². The van der Waals surface area contributed by atoms with Crippen molar-refractivity contribution in [1.29, 1.82) is 0 Å². The molecule has 16 heteroatoms. The number of hydrogen-bond acceptors (Lipinski definition) is 9. The summed E-state index contributed by atoms with van der Waals surface area (Å²) >= 11 is 0. The topological polar surface area (TPSA) is 163 Å². The first-order valence-corrected chi connectivity index (χ1v) is 15.1. The number of rotatable bonds is 14. The van der Waals surface area contributed by atoms with Crippen molar-refractivity contribution >= 4 is 46.3 Å². The number of amidine groups is 1. The summed E-state index contributed by atoms with van der Waals surface area (Å²) < 4.78 is 53.4. The number of aryl methyl sites for hydroxylation is 1. The molecule has 0 aliphatic carbocycles. The van der Waals surface area contributed by atoms with Crippen molar-refractivity contribution in [2.45, 2.75) is 38.6 Å². The minimum atomic E-state index is -4.45. The van der Waals surface area contributed by atoms with Gasteiger partial charge in [-0.1, -0.05) is 6.07 Å². The van der Waals surface area contributed by atoms with Crippen LogP contribution in [0, 0.1) is 0 Å². The molecule has 0 spiro atoms. The van der Waals surface area contributed by atoms with E-state index in [0.29, 0.717) is 40.5 Å². The van der Waals surface area contributed by atoms with E-state index in [4.69, 9.17) is 20.2 Å². The maximum Gasteiger partial charge on any atom is 0.435 e. The first kappa shape index (κ1) is 36.3. The number of methoxy groups -OCH3 is 1. The third-order valence-electron chi connectivity index (χ3n) is 7.12. The number of nitrogens with two attached hydrogens (primary N) is 1. The van der Waals surface area contributed by atoms with Crippen molar-refractivity contribution < 1.29 is 41.8 Å². The normalized spacial score (nSPS) is 12.4. The van der Waals surface area contributed by atoms with E-state index in [9.17, 15) is 27.6 Å². The van der Waals surface area contributed by atoms with Crippen LogP contribution < -0.4 is 16.0 Å². The van der Waals surface area contributed by atoms with Crippen LogP contribution in [0.5, 0.6) is 0 Å². The van der Waals surface area contributed by atoms with Crippen molar-refractivity contribution in [3.63, 3.8) is 0 Å². The SMILES string of the molecule is COC[C@H](C)OC(=O)CCN(C(=O)c1ccc2c(c1)nc(CNc1ccc(/C(N)=N/C(=O)OCCC(F)(F)F)cc1)n2C)c1ccccn1. The predicted molar refractivity (Wildman–Crippen MR) is 175 cm³/mol. The average molecular weight is 684 g/mol. The van der Waals surface area contributed by atoms with Gasteiger partial charge in [-0.2, -0.15) is 18.2 Å². The Balaban J connectivity index is 1.42. The number of amides is 2. The molecule has 2 amide bonds. The van der Waals surface area contributed by atoms with E-state index in [1.54, 1.807) is 73.8 Å². The van der Waals surface area contributed by atoms with Gasteiger partial charge < -0.3 is 29.8 Å². The van der Waals surface area contributed by atoms with Crippen molar-refractivity contribution in [1.82, 2.24) is 14.5 Å². The molecular formula is C33H36F3N7O6. The molecule has 4 rings (SSSR count). The number of pyridine rings is 1. The molecular weight excluding hydrogens is 647 g/mol. The highest BCUT2D eigenvalue weighted by atomic mass is 19.4. The number of carbonyl (C=O) groups is 3. The Hall–Kier alpha value is -5.51. The number of nitrogens with one attached hydrogen (secondary N) is 1. The Labute approximate surface area is 279 Å². The number of anilines is 2. The second-order valence-corrected chi connectivity index (χ2v) is 10.8. The lowest BCUT2D eigenvalue weighted by Gasteiger charge is -2.22. The molecule has 13 nitrogen and oxygen atoms in total. The fraction of sp³-hybridized carbons (Fsp3) is 0.333. The van der Waals surface area contributed by atoms with Crippen molar-refractivity contribution in [2.24, 2.45) is 17.8 Å². The van der Waals surface area contributed by atoms with Gasteiger partial charge in [0.2, 0.25) is 0 Å². The minimum absolute atomic E-state index is 0.0453. The molecule has 0 aliphatic rings. The number of aliphatic imine (C=N–C) groups is 1. The zero-order chi connectivity index (χ0) is 35.6. The van der Waals surface area contributed by atoms with E-state index in [1.807, 2.05) is 11.6 Å². The third kappa shape index (κ3) is 10.5. The summed E-state index contributed by atoms with van der Waals surface area (Å²) in [5, 5.41) is 3.24. The number of carbonyl (C=O) groups excluding carboxylic acids is 3. The fourth-order valence-corrected chi connectivity index (χ4v) is 4.67. The van der Waals surface area contributed by atoms with E-state index in [-0.39, 0.29) is 31.3 Å². The number of imidazole rings is 1. The number of fused-ring (bicyclic) bond motifs is 1. The lowest BCUT2D eigenvalue weighted by molar-refractivity contribution is -0.150. The smallest absolute Gasteiger partial charge is 0.435 e. The summed E-state index contributed by atoms with van der Waals surface area (Å²) in [5.41, 5.74) is 8.60. The summed E-state index contributed by atoms with van der Waals surface area (Å²) in [4.78, 5) is 51.8. The highest BCUT2D eigenvalue weighted by Gasteiger charge is 2.27. The second-order valence-electron chi connectivity index (χ2n) is 10.8. The van der Waals surface area contributed by atoms with Crippen LogP contribution >= 0.6 is 0 Å². The molecule has 0 fully saturated rings. The summed E-state index contributed by atoms with van der Waals surface area (Å²) in [6.45, 7) is 1.49. The molecule has 2 aromatic carbocycles. The van der Waals surface area contributed by atoms with Crippen LogP contribution in [0.15, 0.2) is 71.9 Å². The molecule has 49 heavy (non-hydrogen) atoms. The largest absolute Gasteiger partial charge is 0.460 e. The monoisotopic (exact) mass is 683 g/mol. The van der Waals surface area contributed by atoms with Crippen LogP contribution in [0.2, 0.25) is 0 Å². The first-order valence-electron chi connectivity index (χ1n) is 15.1. The Bertz CT molecular complexity index is 1780. The molecule has 0 radical (unpaired) electrons. The van der Waals surface area contributed by atoms with Crippen LogP contribution in [0.25, 0.3) is 11.0 Å². The Morgan fingerprint density at radius 1 is 1.08 bits per heavy atom. The number of alkyl halides is 3. The first-order chi connectivity index (χ1) is 23.3. The quantitative estimate of drug-likeness (QED) is 0.105. The van der Waals surface area contributed by atoms with Crippen LogP contribution in [-0.2, 0) is 32.6 Å². The van der Waals surface area contributed by atoms with Crippen molar-refractivity contribution in [2.75, 3.05) is 37.1 Å². The Morgan fingerprint density at radius 2 is 1.82 bits per heavy atom. The number of halogens is 3. The highest BCUT2D eigenvalue weighted by molar-refractivity contribution is 6.07.